The van der Waals surface area contributed by atoms with Gasteiger partial charge >= 0.3 is 0 Å². The van der Waals surface area contributed by atoms with Gasteiger partial charge in [0.05, 0.1) is 4.47 Å². The number of nitrogen functional groups attached to an aromatic ring is 1. The van der Waals surface area contributed by atoms with Gasteiger partial charge in [-0.15, -0.1) is 0 Å². The van der Waals surface area contributed by atoms with E-state index >= 15 is 0 Å². The first kappa shape index (κ1) is 11.9. The van der Waals surface area contributed by atoms with Crippen LogP contribution in [0.5, 0.6) is 11.6 Å². The largest absolute Gasteiger partial charge is 0.438 e. The van der Waals surface area contributed by atoms with Crippen LogP contribution in [0, 0.1) is 0 Å². The molecule has 0 saturated heterocycles. The van der Waals surface area contributed by atoms with Crippen molar-refractivity contribution in [2.75, 3.05) is 5.73 Å². The van der Waals surface area contributed by atoms with Crippen molar-refractivity contribution in [1.82, 2.24) is 9.97 Å². The molecule has 1 aromatic heterocycles. The molecule has 0 spiro atoms. The maximum absolute atomic E-state index is 5.70. The molecule has 0 aliphatic heterocycles. The number of rotatable bonds is 3. The number of nitrogens with two attached hydrogens (primary N) is 1. The smallest absolute Gasteiger partial charge is 0.222 e. The fraction of sp³-hybridized carbons (Fsp3) is 0.167. The minimum atomic E-state index is 0.517. The average molecular weight is 294 g/mol. The Morgan fingerprint density at radius 1 is 1.29 bits per heavy atom. The molecule has 5 heteroatoms. The number of aryl methyl sites for hydroxylation is 1. The molecule has 1 aromatic carbocycles. The van der Waals surface area contributed by atoms with E-state index in [1.165, 1.54) is 6.33 Å². The Morgan fingerprint density at radius 2 is 2.12 bits per heavy atom. The van der Waals surface area contributed by atoms with Gasteiger partial charge in [-0.3, -0.25) is 0 Å². The number of aromatic nitrogens is 2. The van der Waals surface area contributed by atoms with Crippen molar-refractivity contribution in [2.45, 2.75) is 13.3 Å². The lowest BCUT2D eigenvalue weighted by Crippen LogP contribution is -1.94. The van der Waals surface area contributed by atoms with Crippen molar-refractivity contribution in [2.24, 2.45) is 0 Å². The van der Waals surface area contributed by atoms with Crippen LogP contribution in [0.1, 0.15) is 12.6 Å². The van der Waals surface area contributed by atoms with Crippen LogP contribution in [0.15, 0.2) is 35.1 Å². The summed E-state index contributed by atoms with van der Waals surface area (Å²) in [7, 11) is 0. The predicted molar refractivity (Wildman–Crippen MR) is 70.0 cm³/mol. The average Bonchev–Trinajstić information content (AvgIpc) is 2.34. The molecular formula is C12H12BrN3O. The molecule has 2 rings (SSSR count). The van der Waals surface area contributed by atoms with Crippen LogP contribution >= 0.6 is 15.9 Å². The SMILES string of the molecule is CCc1cc(Oc2cc(N)ccc2Br)ncn1. The number of hydrogen-bond acceptors (Lipinski definition) is 4. The molecule has 2 N–H and O–H groups in total. The fourth-order valence-corrected chi connectivity index (χ4v) is 1.66. The summed E-state index contributed by atoms with van der Waals surface area (Å²) in [6.45, 7) is 2.03. The second-order valence-electron chi connectivity index (χ2n) is 3.49. The lowest BCUT2D eigenvalue weighted by Gasteiger charge is -2.07. The second kappa shape index (κ2) is 5.14. The quantitative estimate of drug-likeness (QED) is 0.883. The number of halogens is 1. The lowest BCUT2D eigenvalue weighted by atomic mass is 10.3. The summed E-state index contributed by atoms with van der Waals surface area (Å²) in [5.74, 6) is 1.16. The molecule has 1 heterocycles. The molecule has 0 unspecified atom stereocenters. The molecule has 0 bridgehead atoms. The lowest BCUT2D eigenvalue weighted by molar-refractivity contribution is 0.458. The van der Waals surface area contributed by atoms with Crippen molar-refractivity contribution < 1.29 is 4.74 Å². The molecule has 0 aliphatic carbocycles. The molecular weight excluding hydrogens is 282 g/mol. The van der Waals surface area contributed by atoms with Gasteiger partial charge in [0.1, 0.15) is 12.1 Å². The molecule has 2 aromatic rings. The summed E-state index contributed by atoms with van der Waals surface area (Å²) < 4.78 is 6.49. The summed E-state index contributed by atoms with van der Waals surface area (Å²) in [4.78, 5) is 8.17. The van der Waals surface area contributed by atoms with E-state index in [1.54, 1.807) is 12.1 Å². The van der Waals surface area contributed by atoms with Crippen LogP contribution < -0.4 is 10.5 Å². The highest BCUT2D eigenvalue weighted by Gasteiger charge is 2.05. The summed E-state index contributed by atoms with van der Waals surface area (Å²) in [6, 6.07) is 7.20. The summed E-state index contributed by atoms with van der Waals surface area (Å²) >= 11 is 3.40. The van der Waals surface area contributed by atoms with Crippen molar-refractivity contribution in [3.63, 3.8) is 0 Å². The summed E-state index contributed by atoms with van der Waals surface area (Å²) in [5.41, 5.74) is 7.29. The highest BCUT2D eigenvalue weighted by Crippen LogP contribution is 2.30. The Balaban J connectivity index is 2.27. The van der Waals surface area contributed by atoms with Crippen molar-refractivity contribution in [3.8, 4) is 11.6 Å². The minimum absolute atomic E-state index is 0.517. The molecule has 0 radical (unpaired) electrons. The van der Waals surface area contributed by atoms with Gasteiger partial charge < -0.3 is 10.5 Å². The number of nitrogens with zero attached hydrogens (tertiary/aromatic N) is 2. The van der Waals surface area contributed by atoms with Gasteiger partial charge in [0, 0.05) is 23.5 Å². The van der Waals surface area contributed by atoms with Gasteiger partial charge in [0.15, 0.2) is 0 Å². The van der Waals surface area contributed by atoms with Gasteiger partial charge in [-0.2, -0.15) is 0 Å². The molecule has 88 valence electrons. The zero-order valence-corrected chi connectivity index (χ0v) is 10.9. The highest BCUT2D eigenvalue weighted by molar-refractivity contribution is 9.10. The predicted octanol–water partition coefficient (Wildman–Crippen LogP) is 3.18. The van der Waals surface area contributed by atoms with Crippen LogP contribution in [0.4, 0.5) is 5.69 Å². The van der Waals surface area contributed by atoms with Crippen LogP contribution in [0.3, 0.4) is 0 Å². The zero-order chi connectivity index (χ0) is 12.3. The Morgan fingerprint density at radius 3 is 2.88 bits per heavy atom. The van der Waals surface area contributed by atoms with E-state index in [0.29, 0.717) is 17.3 Å². The topological polar surface area (TPSA) is 61.0 Å². The van der Waals surface area contributed by atoms with Crippen LogP contribution in [-0.2, 0) is 6.42 Å². The van der Waals surface area contributed by atoms with E-state index in [1.807, 2.05) is 19.1 Å². The molecule has 0 fully saturated rings. The van der Waals surface area contributed by atoms with Crippen molar-refractivity contribution >= 4 is 21.6 Å². The Hall–Kier alpha value is -1.62. The first-order valence-electron chi connectivity index (χ1n) is 5.23. The van der Waals surface area contributed by atoms with Gasteiger partial charge in [0.2, 0.25) is 5.88 Å². The van der Waals surface area contributed by atoms with Crippen molar-refractivity contribution in [1.29, 1.82) is 0 Å². The van der Waals surface area contributed by atoms with Gasteiger partial charge in [-0.1, -0.05) is 6.92 Å². The monoisotopic (exact) mass is 293 g/mol. The van der Waals surface area contributed by atoms with Gasteiger partial charge in [-0.25, -0.2) is 9.97 Å². The van der Waals surface area contributed by atoms with E-state index in [9.17, 15) is 0 Å². The number of benzene rings is 1. The molecule has 4 nitrogen and oxygen atoms in total. The Bertz CT molecular complexity index is 531. The molecule has 17 heavy (non-hydrogen) atoms. The highest BCUT2D eigenvalue weighted by atomic mass is 79.9. The van der Waals surface area contributed by atoms with E-state index in [4.69, 9.17) is 10.5 Å². The first-order valence-corrected chi connectivity index (χ1v) is 6.02. The third-order valence-corrected chi connectivity index (χ3v) is 2.89. The van der Waals surface area contributed by atoms with Gasteiger partial charge in [-0.05, 0) is 34.5 Å². The summed E-state index contributed by atoms with van der Waals surface area (Å²) in [6.07, 6.45) is 2.34. The zero-order valence-electron chi connectivity index (χ0n) is 9.35. The van der Waals surface area contributed by atoms with E-state index < -0.39 is 0 Å². The third-order valence-electron chi connectivity index (χ3n) is 2.23. The first-order chi connectivity index (χ1) is 8.19. The minimum Gasteiger partial charge on any atom is -0.438 e. The summed E-state index contributed by atoms with van der Waals surface area (Å²) in [5, 5.41) is 0. The Labute approximate surface area is 108 Å². The van der Waals surface area contributed by atoms with Gasteiger partial charge in [0.25, 0.3) is 0 Å². The molecule has 0 amide bonds. The number of hydrogen-bond donors (Lipinski definition) is 1. The van der Waals surface area contributed by atoms with E-state index in [-0.39, 0.29) is 0 Å². The second-order valence-corrected chi connectivity index (χ2v) is 4.35. The number of anilines is 1. The number of ether oxygens (including phenoxy) is 1. The maximum atomic E-state index is 5.70. The van der Waals surface area contributed by atoms with E-state index in [0.717, 1.165) is 16.6 Å². The molecule has 0 saturated carbocycles. The van der Waals surface area contributed by atoms with Crippen molar-refractivity contribution in [3.05, 3.63) is 40.8 Å². The normalized spacial score (nSPS) is 10.2. The van der Waals surface area contributed by atoms with Crippen LogP contribution in [0.25, 0.3) is 0 Å². The van der Waals surface area contributed by atoms with Crippen LogP contribution in [-0.4, -0.2) is 9.97 Å². The third kappa shape index (κ3) is 2.94. The molecule has 0 atom stereocenters. The Kier molecular flexibility index (Phi) is 3.58. The fourth-order valence-electron chi connectivity index (χ4n) is 1.34. The standard InChI is InChI=1S/C12H12BrN3O/c1-2-9-6-12(16-7-15-9)17-11-5-8(14)3-4-10(11)13/h3-7H,2,14H2,1H3. The molecule has 0 aliphatic rings. The van der Waals surface area contributed by atoms with E-state index in [2.05, 4.69) is 25.9 Å². The maximum Gasteiger partial charge on any atom is 0.222 e. The van der Waals surface area contributed by atoms with Crippen LogP contribution in [0.2, 0.25) is 0 Å².